The first-order valence-corrected chi connectivity index (χ1v) is 8.12. The first-order chi connectivity index (χ1) is 9.61. The van der Waals surface area contributed by atoms with Gasteiger partial charge in [-0.1, -0.05) is 6.92 Å². The molecule has 2 atom stereocenters. The van der Waals surface area contributed by atoms with E-state index in [1.807, 2.05) is 4.90 Å². The minimum Gasteiger partial charge on any atom is -0.378 e. The lowest BCUT2D eigenvalue weighted by atomic mass is 10.1. The number of nitrogens with zero attached hydrogens (tertiary/aromatic N) is 1. The minimum atomic E-state index is -0.106. The van der Waals surface area contributed by atoms with Crippen LogP contribution in [0.5, 0.6) is 0 Å². The molecule has 4 nitrogen and oxygen atoms in total. The Kier molecular flexibility index (Phi) is 5.57. The molecule has 1 aliphatic rings. The summed E-state index contributed by atoms with van der Waals surface area (Å²) in [5.74, 6) is 0.205. The van der Waals surface area contributed by atoms with Crippen molar-refractivity contribution in [2.45, 2.75) is 39.3 Å². The van der Waals surface area contributed by atoms with Crippen LogP contribution in [0.3, 0.4) is 0 Å². The number of carbonyl (C=O) groups excluding carboxylic acids is 1. The molecule has 0 unspecified atom stereocenters. The third-order valence-corrected chi connectivity index (χ3v) is 4.85. The van der Waals surface area contributed by atoms with E-state index in [1.54, 1.807) is 11.3 Å². The molecule has 1 fully saturated rings. The molecule has 0 bridgehead atoms. The quantitative estimate of drug-likeness (QED) is 0.907. The van der Waals surface area contributed by atoms with Crippen LogP contribution < -0.4 is 5.32 Å². The average molecular weight is 296 g/mol. The lowest BCUT2D eigenvalue weighted by Gasteiger charge is -2.31. The fourth-order valence-electron chi connectivity index (χ4n) is 2.44. The highest BCUT2D eigenvalue weighted by molar-refractivity contribution is 7.12. The fourth-order valence-corrected chi connectivity index (χ4v) is 3.33. The molecule has 1 saturated heterocycles. The van der Waals surface area contributed by atoms with Crippen LogP contribution in [-0.2, 0) is 9.53 Å². The zero-order chi connectivity index (χ0) is 14.5. The van der Waals surface area contributed by atoms with Crippen LogP contribution in [0.1, 0.15) is 36.1 Å². The molecule has 5 heteroatoms. The second-order valence-corrected chi connectivity index (χ2v) is 6.55. The summed E-state index contributed by atoms with van der Waals surface area (Å²) in [6.45, 7) is 9.02. The molecule has 1 N–H and O–H groups in total. The highest BCUT2D eigenvalue weighted by Gasteiger charge is 2.26. The Hall–Kier alpha value is -0.910. The van der Waals surface area contributed by atoms with Crippen molar-refractivity contribution < 1.29 is 9.53 Å². The van der Waals surface area contributed by atoms with Gasteiger partial charge in [0.15, 0.2) is 0 Å². The number of hydrogen-bond acceptors (Lipinski definition) is 4. The van der Waals surface area contributed by atoms with Crippen LogP contribution in [-0.4, -0.2) is 43.2 Å². The lowest BCUT2D eigenvalue weighted by Crippen LogP contribution is -2.50. The van der Waals surface area contributed by atoms with E-state index in [1.165, 1.54) is 9.75 Å². The highest BCUT2D eigenvalue weighted by atomic mass is 32.1. The second-order valence-electron chi connectivity index (χ2n) is 5.24. The lowest BCUT2D eigenvalue weighted by molar-refractivity contribution is -0.137. The zero-order valence-electron chi connectivity index (χ0n) is 12.5. The van der Waals surface area contributed by atoms with Crippen LogP contribution in [0.4, 0.5) is 0 Å². The maximum absolute atomic E-state index is 12.5. The normalized spacial score (nSPS) is 18.9. The van der Waals surface area contributed by atoms with Gasteiger partial charge in [0.2, 0.25) is 5.91 Å². The van der Waals surface area contributed by atoms with E-state index in [2.05, 4.69) is 38.2 Å². The van der Waals surface area contributed by atoms with Crippen molar-refractivity contribution >= 4 is 17.2 Å². The number of nitrogens with one attached hydrogen (secondary N) is 1. The van der Waals surface area contributed by atoms with Crippen molar-refractivity contribution in [3.05, 3.63) is 21.9 Å². The topological polar surface area (TPSA) is 41.6 Å². The molecule has 0 aliphatic carbocycles. The van der Waals surface area contributed by atoms with Gasteiger partial charge < -0.3 is 9.64 Å². The number of carbonyl (C=O) groups is 1. The summed E-state index contributed by atoms with van der Waals surface area (Å²) in [5.41, 5.74) is 0. The summed E-state index contributed by atoms with van der Waals surface area (Å²) in [7, 11) is 0. The molecule has 1 aliphatic heterocycles. The third-order valence-electron chi connectivity index (χ3n) is 3.67. The summed E-state index contributed by atoms with van der Waals surface area (Å²) < 4.78 is 5.30. The molecule has 112 valence electrons. The Balaban J connectivity index is 1.95. The first kappa shape index (κ1) is 15.5. The summed E-state index contributed by atoms with van der Waals surface area (Å²) in [5, 5.41) is 3.47. The summed E-state index contributed by atoms with van der Waals surface area (Å²) in [4.78, 5) is 17.0. The second kappa shape index (κ2) is 7.20. The molecule has 2 heterocycles. The number of morpholine rings is 1. The van der Waals surface area contributed by atoms with Crippen LogP contribution >= 0.6 is 11.3 Å². The van der Waals surface area contributed by atoms with Gasteiger partial charge in [-0.05, 0) is 32.4 Å². The van der Waals surface area contributed by atoms with Gasteiger partial charge in [-0.25, -0.2) is 0 Å². The molecule has 20 heavy (non-hydrogen) atoms. The van der Waals surface area contributed by atoms with Crippen LogP contribution in [0.25, 0.3) is 0 Å². The molecular weight excluding hydrogens is 272 g/mol. The number of rotatable bonds is 5. The van der Waals surface area contributed by atoms with Gasteiger partial charge in [0.05, 0.1) is 19.3 Å². The van der Waals surface area contributed by atoms with E-state index in [0.717, 1.165) is 6.42 Å². The van der Waals surface area contributed by atoms with Crippen molar-refractivity contribution in [3.8, 4) is 0 Å². The SMILES string of the molecule is CC[C@@H](N[C@@H](C)c1ccc(C)s1)C(=O)N1CCOCC1. The third kappa shape index (κ3) is 3.81. The molecule has 0 spiro atoms. The predicted octanol–water partition coefficient (Wildman–Crippen LogP) is 2.34. The molecule has 1 amide bonds. The minimum absolute atomic E-state index is 0.106. The smallest absolute Gasteiger partial charge is 0.239 e. The predicted molar refractivity (Wildman–Crippen MR) is 82.1 cm³/mol. The van der Waals surface area contributed by atoms with Crippen molar-refractivity contribution in [2.24, 2.45) is 0 Å². The molecule has 2 rings (SSSR count). The van der Waals surface area contributed by atoms with Gasteiger partial charge in [0.1, 0.15) is 0 Å². The fraction of sp³-hybridized carbons (Fsp3) is 0.667. The van der Waals surface area contributed by atoms with E-state index in [9.17, 15) is 4.79 Å². The molecule has 1 aromatic heterocycles. The van der Waals surface area contributed by atoms with Gasteiger partial charge in [-0.2, -0.15) is 0 Å². The monoisotopic (exact) mass is 296 g/mol. The van der Waals surface area contributed by atoms with Crippen molar-refractivity contribution in [2.75, 3.05) is 26.3 Å². The summed E-state index contributed by atoms with van der Waals surface area (Å²) in [6.07, 6.45) is 0.810. The van der Waals surface area contributed by atoms with E-state index in [-0.39, 0.29) is 18.0 Å². The summed E-state index contributed by atoms with van der Waals surface area (Å²) in [6, 6.07) is 4.38. The number of aryl methyl sites for hydroxylation is 1. The number of thiophene rings is 1. The molecule has 0 saturated carbocycles. The van der Waals surface area contributed by atoms with Crippen LogP contribution in [0, 0.1) is 6.92 Å². The Morgan fingerprint density at radius 1 is 1.45 bits per heavy atom. The van der Waals surface area contributed by atoms with Crippen molar-refractivity contribution in [1.82, 2.24) is 10.2 Å². The average Bonchev–Trinajstić information content (AvgIpc) is 2.91. The van der Waals surface area contributed by atoms with Gasteiger partial charge in [-0.15, -0.1) is 11.3 Å². The van der Waals surface area contributed by atoms with Gasteiger partial charge in [0.25, 0.3) is 0 Å². The molecule has 1 aromatic rings. The van der Waals surface area contributed by atoms with Crippen LogP contribution in [0.15, 0.2) is 12.1 Å². The Bertz CT molecular complexity index is 441. The van der Waals surface area contributed by atoms with E-state index < -0.39 is 0 Å². The summed E-state index contributed by atoms with van der Waals surface area (Å²) >= 11 is 1.79. The molecule has 0 radical (unpaired) electrons. The highest BCUT2D eigenvalue weighted by Crippen LogP contribution is 2.23. The van der Waals surface area contributed by atoms with Crippen molar-refractivity contribution in [1.29, 1.82) is 0 Å². The maximum atomic E-state index is 12.5. The van der Waals surface area contributed by atoms with E-state index in [0.29, 0.717) is 26.3 Å². The Morgan fingerprint density at radius 3 is 2.70 bits per heavy atom. The zero-order valence-corrected chi connectivity index (χ0v) is 13.3. The van der Waals surface area contributed by atoms with Gasteiger partial charge in [0, 0.05) is 28.9 Å². The number of hydrogen-bond donors (Lipinski definition) is 1. The first-order valence-electron chi connectivity index (χ1n) is 7.30. The largest absolute Gasteiger partial charge is 0.378 e. The number of amides is 1. The number of ether oxygens (including phenoxy) is 1. The standard InChI is InChI=1S/C15H24N2O2S/c1-4-13(15(18)17-7-9-19-10-8-17)16-12(3)14-6-5-11(2)20-14/h5-6,12-13,16H,4,7-10H2,1-3H3/t12-,13+/m0/s1. The van der Waals surface area contributed by atoms with E-state index >= 15 is 0 Å². The molecular formula is C15H24N2O2S. The maximum Gasteiger partial charge on any atom is 0.239 e. The Labute approximate surface area is 125 Å². The van der Waals surface area contributed by atoms with Gasteiger partial charge >= 0.3 is 0 Å². The Morgan fingerprint density at radius 2 is 2.15 bits per heavy atom. The van der Waals surface area contributed by atoms with E-state index in [4.69, 9.17) is 4.74 Å². The van der Waals surface area contributed by atoms with Crippen molar-refractivity contribution in [3.63, 3.8) is 0 Å². The molecule has 0 aromatic carbocycles. The van der Waals surface area contributed by atoms with Gasteiger partial charge in [-0.3, -0.25) is 10.1 Å². The van der Waals surface area contributed by atoms with Crippen LogP contribution in [0.2, 0.25) is 0 Å².